The molecule has 0 fully saturated rings. The number of benzene rings is 3. The zero-order valence-corrected chi connectivity index (χ0v) is 19.6. The summed E-state index contributed by atoms with van der Waals surface area (Å²) >= 11 is -5.64. The molecule has 28 heavy (non-hydrogen) atoms. The molecular formula is C23H23BiO4. The maximum atomic E-state index is 12.5. The van der Waals surface area contributed by atoms with Crippen molar-refractivity contribution in [3.05, 3.63) is 90.5 Å². The van der Waals surface area contributed by atoms with Crippen molar-refractivity contribution in [3.8, 4) is 0 Å². The van der Waals surface area contributed by atoms with Crippen LogP contribution in [-0.2, 0) is 15.2 Å². The van der Waals surface area contributed by atoms with E-state index in [1.54, 1.807) is 0 Å². The Morgan fingerprint density at radius 2 is 0.964 bits per heavy atom. The van der Waals surface area contributed by atoms with Crippen LogP contribution >= 0.6 is 0 Å². The van der Waals surface area contributed by atoms with Crippen LogP contribution < -0.4 is 9.81 Å². The first kappa shape index (κ1) is 20.2. The summed E-state index contributed by atoms with van der Waals surface area (Å²) in [7, 11) is 0. The predicted octanol–water partition coefficient (Wildman–Crippen LogP) is 2.54. The van der Waals surface area contributed by atoms with E-state index in [2.05, 4.69) is 0 Å². The van der Waals surface area contributed by atoms with Crippen molar-refractivity contribution in [1.29, 1.82) is 0 Å². The van der Waals surface area contributed by atoms with Gasteiger partial charge in [-0.05, 0) is 0 Å². The molecule has 0 heterocycles. The van der Waals surface area contributed by atoms with Gasteiger partial charge in [0, 0.05) is 0 Å². The Balaban J connectivity index is 2.56. The molecule has 0 aliphatic carbocycles. The molecule has 0 spiro atoms. The van der Waals surface area contributed by atoms with E-state index < -0.39 is 31.6 Å². The molecule has 0 saturated carbocycles. The standard InChI is InChI=1S/C7H7.2C6H5.2C2H4O2.Bi/c1-7-5-3-2-4-6-7;2*1-2-4-6-5-3-1;2*1-2(3)4;/h3-6H,1H3;2*1-5H;2*1H3,(H,3,4);/q;;;;;+2/p-2. The van der Waals surface area contributed by atoms with E-state index in [1.165, 1.54) is 13.8 Å². The quantitative estimate of drug-likeness (QED) is 0.442. The van der Waals surface area contributed by atoms with E-state index in [-0.39, 0.29) is 0 Å². The molecule has 0 aliphatic heterocycles. The van der Waals surface area contributed by atoms with Crippen LogP contribution in [0.15, 0.2) is 84.9 Å². The zero-order valence-electron chi connectivity index (χ0n) is 16.2. The summed E-state index contributed by atoms with van der Waals surface area (Å²) in [6.07, 6.45) is 0. The Morgan fingerprint density at radius 3 is 1.32 bits per heavy atom. The SMILES string of the molecule is CC(=O)[O][Bi]([O]C(C)=O)([c]1ccccc1)([c]1ccccc1)[c]1ccc(C)cc1. The summed E-state index contributed by atoms with van der Waals surface area (Å²) in [5, 5.41) is 0. The van der Waals surface area contributed by atoms with Gasteiger partial charge in [-0.15, -0.1) is 0 Å². The molecule has 0 aromatic heterocycles. The third kappa shape index (κ3) is 3.35. The second-order valence-electron chi connectivity index (χ2n) is 6.63. The summed E-state index contributed by atoms with van der Waals surface area (Å²) in [5.74, 6) is -0.968. The van der Waals surface area contributed by atoms with Crippen molar-refractivity contribution < 1.29 is 15.2 Å². The molecule has 3 rings (SSSR count). The van der Waals surface area contributed by atoms with Crippen molar-refractivity contribution in [1.82, 2.24) is 0 Å². The van der Waals surface area contributed by atoms with Crippen molar-refractivity contribution in [2.75, 3.05) is 0 Å². The zero-order chi connectivity index (χ0) is 20.2. The molecule has 3 aromatic carbocycles. The number of carbonyl (C=O) groups is 2. The Hall–Kier alpha value is -2.52. The van der Waals surface area contributed by atoms with Gasteiger partial charge in [-0.1, -0.05) is 0 Å². The first-order valence-electron chi connectivity index (χ1n) is 9.00. The predicted molar refractivity (Wildman–Crippen MR) is 112 cm³/mol. The van der Waals surface area contributed by atoms with Gasteiger partial charge in [0.15, 0.2) is 0 Å². The molecule has 3 aromatic rings. The third-order valence-electron chi connectivity index (χ3n) is 4.56. The van der Waals surface area contributed by atoms with E-state index >= 15 is 0 Å². The van der Waals surface area contributed by atoms with Crippen LogP contribution in [0.3, 0.4) is 0 Å². The van der Waals surface area contributed by atoms with Crippen LogP contribution in [-0.4, -0.2) is 31.6 Å². The van der Waals surface area contributed by atoms with Crippen LogP contribution in [0.4, 0.5) is 0 Å². The summed E-state index contributed by atoms with van der Waals surface area (Å²) in [5.41, 5.74) is 1.06. The number of aryl methyl sites for hydroxylation is 1. The molecule has 0 N–H and O–H groups in total. The van der Waals surface area contributed by atoms with E-state index in [4.69, 9.17) is 5.63 Å². The molecule has 4 nitrogen and oxygen atoms in total. The summed E-state index contributed by atoms with van der Waals surface area (Å²) in [6.45, 7) is 4.70. The number of hydrogen-bond donors (Lipinski definition) is 0. The number of hydrogen-bond acceptors (Lipinski definition) is 4. The fourth-order valence-electron chi connectivity index (χ4n) is 3.49. The van der Waals surface area contributed by atoms with E-state index in [9.17, 15) is 9.59 Å². The Bertz CT molecular complexity index is 923. The van der Waals surface area contributed by atoms with Crippen LogP contribution in [0.1, 0.15) is 19.4 Å². The minimum atomic E-state index is -5.64. The van der Waals surface area contributed by atoms with Gasteiger partial charge in [0.1, 0.15) is 0 Å². The normalized spacial score (nSPS) is 12.5. The van der Waals surface area contributed by atoms with Crippen molar-refractivity contribution in [3.63, 3.8) is 0 Å². The average molecular weight is 572 g/mol. The summed E-state index contributed by atoms with van der Waals surface area (Å²) in [4.78, 5) is 24.9. The van der Waals surface area contributed by atoms with Crippen LogP contribution in [0.5, 0.6) is 0 Å². The summed E-state index contributed by atoms with van der Waals surface area (Å²) in [6, 6.07) is 26.5. The Morgan fingerprint density at radius 1 is 0.607 bits per heavy atom. The Labute approximate surface area is 167 Å². The third-order valence-corrected chi connectivity index (χ3v) is 23.7. The molecule has 5 heteroatoms. The molecule has 0 atom stereocenters. The molecular weight excluding hydrogens is 549 g/mol. The fraction of sp³-hybridized carbons (Fsp3) is 0.130. The van der Waals surface area contributed by atoms with Gasteiger partial charge in [0.05, 0.1) is 0 Å². The second kappa shape index (κ2) is 7.85. The summed E-state index contributed by atoms with van der Waals surface area (Å²) < 4.78 is 14.7. The van der Waals surface area contributed by atoms with Gasteiger partial charge >= 0.3 is 168 Å². The number of carbonyl (C=O) groups excluding carboxylic acids is 2. The van der Waals surface area contributed by atoms with Gasteiger partial charge in [0.25, 0.3) is 0 Å². The van der Waals surface area contributed by atoms with Crippen molar-refractivity contribution in [2.24, 2.45) is 0 Å². The molecule has 0 amide bonds. The van der Waals surface area contributed by atoms with Crippen molar-refractivity contribution >= 4 is 41.4 Å². The second-order valence-corrected chi connectivity index (χ2v) is 21.5. The monoisotopic (exact) mass is 572 g/mol. The van der Waals surface area contributed by atoms with Gasteiger partial charge < -0.3 is 0 Å². The molecule has 0 radical (unpaired) electrons. The molecule has 0 saturated heterocycles. The molecule has 0 unspecified atom stereocenters. The van der Waals surface area contributed by atoms with Crippen LogP contribution in [0, 0.1) is 6.92 Å². The van der Waals surface area contributed by atoms with Crippen molar-refractivity contribution in [2.45, 2.75) is 20.8 Å². The first-order valence-corrected chi connectivity index (χ1v) is 17.0. The van der Waals surface area contributed by atoms with Gasteiger partial charge in [-0.3, -0.25) is 0 Å². The first-order chi connectivity index (χ1) is 13.4. The minimum absolute atomic E-state index is 0.484. The number of rotatable bonds is 5. The molecule has 0 bridgehead atoms. The van der Waals surface area contributed by atoms with Crippen LogP contribution in [0.2, 0.25) is 0 Å². The maximum absolute atomic E-state index is 12.5. The van der Waals surface area contributed by atoms with Gasteiger partial charge in [0.2, 0.25) is 0 Å². The van der Waals surface area contributed by atoms with E-state index in [0.29, 0.717) is 0 Å². The molecule has 144 valence electrons. The van der Waals surface area contributed by atoms with Gasteiger partial charge in [-0.25, -0.2) is 0 Å². The van der Waals surface area contributed by atoms with E-state index in [0.717, 1.165) is 15.4 Å². The van der Waals surface area contributed by atoms with Crippen LogP contribution in [0.25, 0.3) is 0 Å². The Kier molecular flexibility index (Phi) is 5.67. The average Bonchev–Trinajstić information content (AvgIpc) is 2.68. The van der Waals surface area contributed by atoms with E-state index in [1.807, 2.05) is 91.9 Å². The van der Waals surface area contributed by atoms with Gasteiger partial charge in [-0.2, -0.15) is 0 Å². The topological polar surface area (TPSA) is 52.6 Å². The molecule has 0 aliphatic rings. The fourth-order valence-corrected chi connectivity index (χ4v) is 21.6.